The van der Waals surface area contributed by atoms with E-state index in [1.165, 1.54) is 10.4 Å². The Balaban J connectivity index is 1.46. The molecule has 3 aromatic heterocycles. The largest absolute Gasteiger partial charge is 0.368 e. The van der Waals surface area contributed by atoms with Crippen LogP contribution in [0.2, 0.25) is 0 Å². The minimum Gasteiger partial charge on any atom is -0.368 e. The van der Waals surface area contributed by atoms with E-state index in [0.717, 1.165) is 23.9 Å². The molecule has 0 aliphatic rings. The summed E-state index contributed by atoms with van der Waals surface area (Å²) in [7, 11) is 0. The van der Waals surface area contributed by atoms with Gasteiger partial charge in [-0.3, -0.25) is 9.36 Å². The summed E-state index contributed by atoms with van der Waals surface area (Å²) in [6.07, 6.45) is 4.92. The van der Waals surface area contributed by atoms with E-state index in [1.807, 2.05) is 30.7 Å². The Hall–Kier alpha value is -2.74. The second kappa shape index (κ2) is 8.77. The van der Waals surface area contributed by atoms with E-state index in [1.54, 1.807) is 17.5 Å². The molecule has 0 aliphatic carbocycles. The van der Waals surface area contributed by atoms with Crippen molar-refractivity contribution >= 4 is 23.1 Å². The molecule has 3 heterocycles. The number of thiophene rings is 1. The van der Waals surface area contributed by atoms with Crippen LogP contribution in [0.15, 0.2) is 29.9 Å². The lowest BCUT2D eigenvalue weighted by Gasteiger charge is -2.10. The van der Waals surface area contributed by atoms with Crippen LogP contribution in [0, 0.1) is 20.8 Å². The monoisotopic (exact) mass is 384 g/mol. The van der Waals surface area contributed by atoms with E-state index < -0.39 is 0 Å². The lowest BCUT2D eigenvalue weighted by atomic mass is 10.2. The lowest BCUT2D eigenvalue weighted by molar-refractivity contribution is -0.120. The third-order valence-corrected chi connectivity index (χ3v) is 5.28. The zero-order valence-corrected chi connectivity index (χ0v) is 16.6. The average Bonchev–Trinajstić information content (AvgIpc) is 3.24. The third kappa shape index (κ3) is 5.13. The first-order chi connectivity index (χ1) is 13.0. The maximum atomic E-state index is 12.0. The molecule has 1 amide bonds. The van der Waals surface area contributed by atoms with Gasteiger partial charge >= 0.3 is 0 Å². The molecule has 3 aromatic rings. The first kappa shape index (κ1) is 19.0. The number of aromatic nitrogens is 4. The van der Waals surface area contributed by atoms with Crippen molar-refractivity contribution in [1.29, 1.82) is 0 Å². The van der Waals surface area contributed by atoms with Gasteiger partial charge in [-0.2, -0.15) is 0 Å². The highest BCUT2D eigenvalue weighted by Crippen LogP contribution is 2.17. The van der Waals surface area contributed by atoms with E-state index in [2.05, 4.69) is 44.0 Å². The fraction of sp³-hybridized carbons (Fsp3) is 0.368. The summed E-state index contributed by atoms with van der Waals surface area (Å²) >= 11 is 1.71. The summed E-state index contributed by atoms with van der Waals surface area (Å²) in [4.78, 5) is 26.4. The molecule has 0 unspecified atom stereocenters. The van der Waals surface area contributed by atoms with E-state index in [0.29, 0.717) is 25.3 Å². The van der Waals surface area contributed by atoms with Crippen molar-refractivity contribution in [2.24, 2.45) is 0 Å². The smallest absolute Gasteiger partial charge is 0.220 e. The standard InChI is InChI=1S/C19H24N6OS/c1-13-6-11-27-16(13)4-5-19(26)22-8-7-21-17-12-18(24-14(2)23-17)25-10-9-20-15(25)3/h6,9-12H,4-5,7-8H2,1-3H3,(H,22,26)(H,21,23,24). The van der Waals surface area contributed by atoms with Crippen LogP contribution >= 0.6 is 11.3 Å². The van der Waals surface area contributed by atoms with Gasteiger partial charge in [0.1, 0.15) is 23.3 Å². The maximum absolute atomic E-state index is 12.0. The Morgan fingerprint density at radius 3 is 2.78 bits per heavy atom. The molecular formula is C19H24N6OS. The Kier molecular flexibility index (Phi) is 6.18. The van der Waals surface area contributed by atoms with Gasteiger partial charge in [0.15, 0.2) is 0 Å². The van der Waals surface area contributed by atoms with Crippen LogP contribution < -0.4 is 10.6 Å². The van der Waals surface area contributed by atoms with E-state index in [9.17, 15) is 4.79 Å². The summed E-state index contributed by atoms with van der Waals surface area (Å²) < 4.78 is 1.91. The number of hydrogen-bond donors (Lipinski definition) is 2. The fourth-order valence-corrected chi connectivity index (χ4v) is 3.66. The molecule has 0 aliphatic heterocycles. The van der Waals surface area contributed by atoms with Crippen LogP contribution in [0.25, 0.3) is 5.82 Å². The van der Waals surface area contributed by atoms with Crippen molar-refractivity contribution in [2.45, 2.75) is 33.6 Å². The van der Waals surface area contributed by atoms with Crippen LogP contribution in [0.4, 0.5) is 5.82 Å². The minimum absolute atomic E-state index is 0.0678. The maximum Gasteiger partial charge on any atom is 0.220 e. The molecule has 0 saturated heterocycles. The van der Waals surface area contributed by atoms with Crippen LogP contribution in [-0.2, 0) is 11.2 Å². The highest BCUT2D eigenvalue weighted by Gasteiger charge is 2.07. The van der Waals surface area contributed by atoms with Gasteiger partial charge in [-0.25, -0.2) is 15.0 Å². The van der Waals surface area contributed by atoms with Gasteiger partial charge in [0.05, 0.1) is 0 Å². The molecule has 0 bridgehead atoms. The van der Waals surface area contributed by atoms with Gasteiger partial charge in [0.25, 0.3) is 0 Å². The second-order valence-electron chi connectivity index (χ2n) is 6.31. The number of carbonyl (C=O) groups excluding carboxylic acids is 1. The molecule has 3 rings (SSSR count). The topological polar surface area (TPSA) is 84.7 Å². The molecule has 0 fully saturated rings. The molecule has 0 spiro atoms. The SMILES string of the molecule is Cc1nc(NCCNC(=O)CCc2sccc2C)cc(-n2ccnc2C)n1. The Morgan fingerprint density at radius 2 is 2.07 bits per heavy atom. The minimum atomic E-state index is 0.0678. The highest BCUT2D eigenvalue weighted by molar-refractivity contribution is 7.10. The van der Waals surface area contributed by atoms with Crippen molar-refractivity contribution in [2.75, 3.05) is 18.4 Å². The van der Waals surface area contributed by atoms with Gasteiger partial charge in [-0.05, 0) is 44.2 Å². The number of nitrogens with zero attached hydrogens (tertiary/aromatic N) is 4. The summed E-state index contributed by atoms with van der Waals surface area (Å²) in [5, 5.41) is 8.25. The van der Waals surface area contributed by atoms with Gasteiger partial charge in [-0.1, -0.05) is 0 Å². The summed E-state index contributed by atoms with van der Waals surface area (Å²) in [5.41, 5.74) is 1.26. The molecular weight excluding hydrogens is 360 g/mol. The van der Waals surface area contributed by atoms with E-state index in [-0.39, 0.29) is 5.91 Å². The Bertz CT molecular complexity index is 917. The molecule has 0 radical (unpaired) electrons. The van der Waals surface area contributed by atoms with Crippen molar-refractivity contribution < 1.29 is 4.79 Å². The molecule has 27 heavy (non-hydrogen) atoms. The van der Waals surface area contributed by atoms with Gasteiger partial charge in [0, 0.05) is 42.8 Å². The summed E-state index contributed by atoms with van der Waals surface area (Å²) in [6.45, 7) is 7.01. The van der Waals surface area contributed by atoms with Gasteiger partial charge in [0.2, 0.25) is 5.91 Å². The summed E-state index contributed by atoms with van der Waals surface area (Å²) in [6, 6.07) is 3.97. The zero-order chi connectivity index (χ0) is 19.2. The quantitative estimate of drug-likeness (QED) is 0.584. The van der Waals surface area contributed by atoms with Crippen molar-refractivity contribution in [3.05, 3.63) is 52.0 Å². The second-order valence-corrected chi connectivity index (χ2v) is 7.31. The van der Waals surface area contributed by atoms with E-state index >= 15 is 0 Å². The molecule has 2 N–H and O–H groups in total. The average molecular weight is 385 g/mol. The first-order valence-electron chi connectivity index (χ1n) is 8.92. The molecule has 0 saturated carbocycles. The highest BCUT2D eigenvalue weighted by atomic mass is 32.1. The zero-order valence-electron chi connectivity index (χ0n) is 15.8. The Morgan fingerprint density at radius 1 is 1.22 bits per heavy atom. The van der Waals surface area contributed by atoms with Crippen molar-refractivity contribution in [1.82, 2.24) is 24.8 Å². The van der Waals surface area contributed by atoms with Crippen LogP contribution in [-0.4, -0.2) is 38.5 Å². The lowest BCUT2D eigenvalue weighted by Crippen LogP contribution is -2.29. The van der Waals surface area contributed by atoms with Gasteiger partial charge in [-0.15, -0.1) is 11.3 Å². The van der Waals surface area contributed by atoms with Crippen LogP contribution in [0.1, 0.15) is 28.5 Å². The number of nitrogens with one attached hydrogen (secondary N) is 2. The fourth-order valence-electron chi connectivity index (χ4n) is 2.75. The summed E-state index contributed by atoms with van der Waals surface area (Å²) in [5.74, 6) is 3.12. The first-order valence-corrected chi connectivity index (χ1v) is 9.80. The number of imidazole rings is 1. The van der Waals surface area contributed by atoms with Crippen LogP contribution in [0.5, 0.6) is 0 Å². The number of hydrogen-bond acceptors (Lipinski definition) is 6. The molecule has 7 nitrogen and oxygen atoms in total. The number of anilines is 1. The predicted octanol–water partition coefficient (Wildman–Crippen LogP) is 2.81. The van der Waals surface area contributed by atoms with Crippen molar-refractivity contribution in [3.63, 3.8) is 0 Å². The molecule has 0 aromatic carbocycles. The van der Waals surface area contributed by atoms with Crippen molar-refractivity contribution in [3.8, 4) is 5.82 Å². The Labute approximate surface area is 162 Å². The number of aryl methyl sites for hydroxylation is 4. The van der Waals surface area contributed by atoms with E-state index in [4.69, 9.17) is 0 Å². The predicted molar refractivity (Wildman–Crippen MR) is 108 cm³/mol. The van der Waals surface area contributed by atoms with Crippen LogP contribution in [0.3, 0.4) is 0 Å². The molecule has 8 heteroatoms. The third-order valence-electron chi connectivity index (χ3n) is 4.20. The number of amides is 1. The molecule has 0 atom stereocenters. The number of rotatable bonds is 8. The number of carbonyl (C=O) groups is 1. The van der Waals surface area contributed by atoms with Gasteiger partial charge < -0.3 is 10.6 Å². The normalized spacial score (nSPS) is 10.8. The molecule has 142 valence electrons.